The van der Waals surface area contributed by atoms with Crippen molar-refractivity contribution in [2.75, 3.05) is 12.3 Å². The number of anilines is 1. The van der Waals surface area contributed by atoms with Gasteiger partial charge in [-0.1, -0.05) is 31.2 Å². The summed E-state index contributed by atoms with van der Waals surface area (Å²) in [5.41, 5.74) is 7.78. The lowest BCUT2D eigenvalue weighted by Crippen LogP contribution is -1.98. The van der Waals surface area contributed by atoms with Gasteiger partial charge in [0.15, 0.2) is 5.82 Å². The van der Waals surface area contributed by atoms with Crippen molar-refractivity contribution in [3.8, 4) is 17.1 Å². The van der Waals surface area contributed by atoms with Crippen LogP contribution in [0.2, 0.25) is 0 Å². The van der Waals surface area contributed by atoms with E-state index in [9.17, 15) is 0 Å². The maximum Gasteiger partial charge on any atom is 0.162 e. The van der Waals surface area contributed by atoms with E-state index in [4.69, 9.17) is 10.5 Å². The van der Waals surface area contributed by atoms with E-state index in [0.29, 0.717) is 18.2 Å². The molecule has 0 unspecified atom stereocenters. The first kappa shape index (κ1) is 13.4. The van der Waals surface area contributed by atoms with Gasteiger partial charge >= 0.3 is 0 Å². The second-order valence-corrected chi connectivity index (χ2v) is 4.83. The van der Waals surface area contributed by atoms with Crippen LogP contribution in [0, 0.1) is 0 Å². The smallest absolute Gasteiger partial charge is 0.162 e. The number of benzene rings is 2. The van der Waals surface area contributed by atoms with Gasteiger partial charge in [0.1, 0.15) is 11.6 Å². The van der Waals surface area contributed by atoms with Gasteiger partial charge in [-0.2, -0.15) is 0 Å². The van der Waals surface area contributed by atoms with Crippen LogP contribution in [0.4, 0.5) is 5.82 Å². The average Bonchev–Trinajstić information content (AvgIpc) is 2.53. The number of ether oxygens (including phenoxy) is 1. The molecule has 0 spiro atoms. The molecule has 2 N–H and O–H groups in total. The molecular formula is C17H17N3O. The van der Waals surface area contributed by atoms with E-state index >= 15 is 0 Å². The number of hydrogen-bond acceptors (Lipinski definition) is 4. The highest BCUT2D eigenvalue weighted by Crippen LogP contribution is 2.25. The van der Waals surface area contributed by atoms with Gasteiger partial charge in [0, 0.05) is 10.9 Å². The predicted octanol–water partition coefficient (Wildman–Crippen LogP) is 3.67. The standard InChI is InChI=1S/C17H17N3O/c1-2-10-21-13-7-5-6-12(11-13)17-19-15-9-4-3-8-14(15)16(18)20-17/h3-9,11H,2,10H2,1H3,(H2,18,19,20). The first-order valence-electron chi connectivity index (χ1n) is 7.03. The van der Waals surface area contributed by atoms with Crippen molar-refractivity contribution in [3.05, 3.63) is 48.5 Å². The molecule has 0 saturated carbocycles. The van der Waals surface area contributed by atoms with Crippen molar-refractivity contribution in [2.45, 2.75) is 13.3 Å². The van der Waals surface area contributed by atoms with E-state index in [1.54, 1.807) is 0 Å². The van der Waals surface area contributed by atoms with Crippen LogP contribution in [0.5, 0.6) is 5.75 Å². The second-order valence-electron chi connectivity index (χ2n) is 4.83. The highest BCUT2D eigenvalue weighted by Gasteiger charge is 2.07. The average molecular weight is 279 g/mol. The SMILES string of the molecule is CCCOc1cccc(-c2nc(N)c3ccccc3n2)c1. The van der Waals surface area contributed by atoms with E-state index in [1.807, 2.05) is 48.5 Å². The Labute approximate surface area is 123 Å². The first-order chi connectivity index (χ1) is 10.3. The summed E-state index contributed by atoms with van der Waals surface area (Å²) < 4.78 is 5.65. The highest BCUT2D eigenvalue weighted by atomic mass is 16.5. The van der Waals surface area contributed by atoms with Crippen molar-refractivity contribution in [1.29, 1.82) is 0 Å². The van der Waals surface area contributed by atoms with Crippen molar-refractivity contribution >= 4 is 16.7 Å². The fraction of sp³-hybridized carbons (Fsp3) is 0.176. The Balaban J connectivity index is 2.04. The molecule has 106 valence electrons. The van der Waals surface area contributed by atoms with E-state index in [0.717, 1.165) is 28.6 Å². The summed E-state index contributed by atoms with van der Waals surface area (Å²) in [4.78, 5) is 8.99. The van der Waals surface area contributed by atoms with Crippen LogP contribution in [0.3, 0.4) is 0 Å². The monoisotopic (exact) mass is 279 g/mol. The van der Waals surface area contributed by atoms with Crippen LogP contribution in [0.15, 0.2) is 48.5 Å². The molecule has 0 amide bonds. The van der Waals surface area contributed by atoms with Gasteiger partial charge in [0.05, 0.1) is 12.1 Å². The third-order valence-corrected chi connectivity index (χ3v) is 3.20. The van der Waals surface area contributed by atoms with E-state index in [1.165, 1.54) is 0 Å². The minimum atomic E-state index is 0.496. The summed E-state index contributed by atoms with van der Waals surface area (Å²) >= 11 is 0. The molecule has 3 aromatic rings. The van der Waals surface area contributed by atoms with Gasteiger partial charge in [0.2, 0.25) is 0 Å². The maximum absolute atomic E-state index is 6.03. The number of hydrogen-bond donors (Lipinski definition) is 1. The van der Waals surface area contributed by atoms with Crippen molar-refractivity contribution in [3.63, 3.8) is 0 Å². The molecule has 4 heteroatoms. The molecule has 0 aliphatic heterocycles. The fourth-order valence-electron chi connectivity index (χ4n) is 2.18. The fourth-order valence-corrected chi connectivity index (χ4v) is 2.18. The van der Waals surface area contributed by atoms with Gasteiger partial charge < -0.3 is 10.5 Å². The maximum atomic E-state index is 6.03. The highest BCUT2D eigenvalue weighted by molar-refractivity contribution is 5.89. The number of fused-ring (bicyclic) bond motifs is 1. The molecule has 21 heavy (non-hydrogen) atoms. The molecular weight excluding hydrogens is 262 g/mol. The molecule has 0 atom stereocenters. The molecule has 0 fully saturated rings. The van der Waals surface area contributed by atoms with Gasteiger partial charge in [-0.25, -0.2) is 9.97 Å². The van der Waals surface area contributed by atoms with Gasteiger partial charge in [-0.05, 0) is 30.7 Å². The Morgan fingerprint density at radius 3 is 2.76 bits per heavy atom. The lowest BCUT2D eigenvalue weighted by Gasteiger charge is -2.08. The van der Waals surface area contributed by atoms with Crippen molar-refractivity contribution in [2.24, 2.45) is 0 Å². The zero-order valence-corrected chi connectivity index (χ0v) is 11.9. The molecule has 0 aliphatic carbocycles. The zero-order valence-electron chi connectivity index (χ0n) is 11.9. The minimum Gasteiger partial charge on any atom is -0.494 e. The lowest BCUT2D eigenvalue weighted by molar-refractivity contribution is 0.317. The molecule has 0 radical (unpaired) electrons. The Morgan fingerprint density at radius 2 is 1.90 bits per heavy atom. The molecule has 0 bridgehead atoms. The van der Waals surface area contributed by atoms with Crippen molar-refractivity contribution < 1.29 is 4.74 Å². The topological polar surface area (TPSA) is 61.0 Å². The predicted molar refractivity (Wildman–Crippen MR) is 85.2 cm³/mol. The minimum absolute atomic E-state index is 0.496. The normalized spacial score (nSPS) is 10.7. The molecule has 2 aromatic carbocycles. The number of rotatable bonds is 4. The third-order valence-electron chi connectivity index (χ3n) is 3.20. The summed E-state index contributed by atoms with van der Waals surface area (Å²) in [7, 11) is 0. The molecule has 4 nitrogen and oxygen atoms in total. The Kier molecular flexibility index (Phi) is 3.69. The van der Waals surface area contributed by atoms with E-state index in [2.05, 4.69) is 16.9 Å². The van der Waals surface area contributed by atoms with Crippen LogP contribution in [0.25, 0.3) is 22.3 Å². The quantitative estimate of drug-likeness (QED) is 0.791. The molecule has 1 aromatic heterocycles. The summed E-state index contributed by atoms with van der Waals surface area (Å²) in [6, 6.07) is 15.5. The summed E-state index contributed by atoms with van der Waals surface area (Å²) in [5, 5.41) is 0.875. The van der Waals surface area contributed by atoms with Crippen LogP contribution < -0.4 is 10.5 Å². The molecule has 0 saturated heterocycles. The number of aromatic nitrogens is 2. The largest absolute Gasteiger partial charge is 0.494 e. The zero-order chi connectivity index (χ0) is 14.7. The Morgan fingerprint density at radius 1 is 1.05 bits per heavy atom. The van der Waals surface area contributed by atoms with Crippen LogP contribution in [-0.4, -0.2) is 16.6 Å². The molecule has 1 heterocycles. The van der Waals surface area contributed by atoms with E-state index in [-0.39, 0.29) is 0 Å². The van der Waals surface area contributed by atoms with Crippen LogP contribution >= 0.6 is 0 Å². The first-order valence-corrected chi connectivity index (χ1v) is 7.03. The number of nitrogens with zero attached hydrogens (tertiary/aromatic N) is 2. The summed E-state index contributed by atoms with van der Waals surface area (Å²) in [6.07, 6.45) is 0.976. The second kappa shape index (κ2) is 5.79. The van der Waals surface area contributed by atoms with Crippen LogP contribution in [-0.2, 0) is 0 Å². The number of nitrogen functional groups attached to an aromatic ring is 1. The number of para-hydroxylation sites is 1. The van der Waals surface area contributed by atoms with E-state index < -0.39 is 0 Å². The molecule has 3 rings (SSSR count). The van der Waals surface area contributed by atoms with Gasteiger partial charge in [-0.15, -0.1) is 0 Å². The summed E-state index contributed by atoms with van der Waals surface area (Å²) in [5.74, 6) is 1.94. The lowest BCUT2D eigenvalue weighted by atomic mass is 10.1. The van der Waals surface area contributed by atoms with Gasteiger partial charge in [0.25, 0.3) is 0 Å². The van der Waals surface area contributed by atoms with Crippen molar-refractivity contribution in [1.82, 2.24) is 9.97 Å². The Hall–Kier alpha value is -2.62. The van der Waals surface area contributed by atoms with Crippen LogP contribution in [0.1, 0.15) is 13.3 Å². The number of nitrogens with two attached hydrogens (primary N) is 1. The summed E-state index contributed by atoms with van der Waals surface area (Å²) in [6.45, 7) is 2.78. The molecule has 0 aliphatic rings. The van der Waals surface area contributed by atoms with Gasteiger partial charge in [-0.3, -0.25) is 0 Å². The Bertz CT molecular complexity index is 771. The third kappa shape index (κ3) is 2.79.